The highest BCUT2D eigenvalue weighted by Crippen LogP contribution is 2.23. The summed E-state index contributed by atoms with van der Waals surface area (Å²) in [7, 11) is 0. The van der Waals surface area contributed by atoms with E-state index < -0.39 is 11.9 Å². The summed E-state index contributed by atoms with van der Waals surface area (Å²) >= 11 is 11.7. The van der Waals surface area contributed by atoms with Gasteiger partial charge >= 0.3 is 5.97 Å². The lowest BCUT2D eigenvalue weighted by Gasteiger charge is -2.05. The predicted molar refractivity (Wildman–Crippen MR) is 87.5 cm³/mol. The molecule has 0 saturated heterocycles. The molecule has 0 heterocycles. The van der Waals surface area contributed by atoms with E-state index in [-0.39, 0.29) is 11.3 Å². The molecule has 2 rings (SSSR count). The Morgan fingerprint density at radius 1 is 1.05 bits per heavy atom. The van der Waals surface area contributed by atoms with Crippen molar-refractivity contribution in [3.8, 4) is 0 Å². The zero-order valence-electron chi connectivity index (χ0n) is 11.2. The molecular weight excluding hydrogens is 325 g/mol. The van der Waals surface area contributed by atoms with E-state index in [9.17, 15) is 9.59 Å². The normalized spacial score (nSPS) is 10.6. The number of anilines is 1. The molecule has 0 atom stereocenters. The van der Waals surface area contributed by atoms with Gasteiger partial charge in [-0.3, -0.25) is 4.79 Å². The highest BCUT2D eigenvalue weighted by Gasteiger charge is 2.10. The molecule has 0 spiro atoms. The summed E-state index contributed by atoms with van der Waals surface area (Å²) in [6.07, 6.45) is 2.85. The number of benzene rings is 2. The van der Waals surface area contributed by atoms with Gasteiger partial charge in [0.05, 0.1) is 21.3 Å². The monoisotopic (exact) mass is 335 g/mol. The van der Waals surface area contributed by atoms with Crippen LogP contribution in [0.5, 0.6) is 0 Å². The standard InChI is InChI=1S/C16H11Cl2NO3/c17-12-7-5-10(9-13(12)18)6-8-15(20)19-14-4-2-1-3-11(14)16(21)22/h1-9H,(H,19,20)(H,21,22)/b8-6+. The van der Waals surface area contributed by atoms with Gasteiger partial charge in [-0.2, -0.15) is 0 Å². The van der Waals surface area contributed by atoms with Gasteiger partial charge in [-0.05, 0) is 35.9 Å². The number of carbonyl (C=O) groups is 2. The minimum absolute atomic E-state index is 0.0267. The van der Waals surface area contributed by atoms with Gasteiger partial charge in [-0.15, -0.1) is 0 Å². The van der Waals surface area contributed by atoms with Crippen LogP contribution in [0, 0.1) is 0 Å². The average molecular weight is 336 g/mol. The molecule has 2 aromatic rings. The molecule has 2 aromatic carbocycles. The van der Waals surface area contributed by atoms with Crippen molar-refractivity contribution < 1.29 is 14.7 Å². The van der Waals surface area contributed by atoms with Gasteiger partial charge in [0.15, 0.2) is 0 Å². The maximum Gasteiger partial charge on any atom is 0.337 e. The summed E-state index contributed by atoms with van der Waals surface area (Å²) in [5.74, 6) is -1.55. The summed E-state index contributed by atoms with van der Waals surface area (Å²) in [5.41, 5.74) is 0.966. The van der Waals surface area contributed by atoms with E-state index in [1.807, 2.05) is 0 Å². The second kappa shape index (κ2) is 7.11. The average Bonchev–Trinajstić information content (AvgIpc) is 2.49. The summed E-state index contributed by atoms with van der Waals surface area (Å²) in [6, 6.07) is 11.1. The molecule has 0 fully saturated rings. The van der Waals surface area contributed by atoms with E-state index in [1.165, 1.54) is 18.2 Å². The lowest BCUT2D eigenvalue weighted by atomic mass is 10.1. The molecule has 1 amide bonds. The maximum absolute atomic E-state index is 11.9. The molecule has 112 valence electrons. The van der Waals surface area contributed by atoms with Gasteiger partial charge in [0.2, 0.25) is 5.91 Å². The Hall–Kier alpha value is -2.30. The van der Waals surface area contributed by atoms with Crippen LogP contribution in [-0.4, -0.2) is 17.0 Å². The first-order chi connectivity index (χ1) is 10.5. The van der Waals surface area contributed by atoms with Crippen LogP contribution < -0.4 is 5.32 Å². The Morgan fingerprint density at radius 2 is 1.77 bits per heavy atom. The number of nitrogens with one attached hydrogen (secondary N) is 1. The first kappa shape index (κ1) is 16.1. The Balaban J connectivity index is 2.11. The zero-order chi connectivity index (χ0) is 16.1. The Bertz CT molecular complexity index is 757. The molecule has 0 saturated carbocycles. The van der Waals surface area contributed by atoms with Gasteiger partial charge in [-0.1, -0.05) is 41.4 Å². The minimum atomic E-state index is -1.11. The molecule has 0 aromatic heterocycles. The van der Waals surface area contributed by atoms with Crippen molar-refractivity contribution in [2.75, 3.05) is 5.32 Å². The molecule has 6 heteroatoms. The van der Waals surface area contributed by atoms with E-state index in [4.69, 9.17) is 28.3 Å². The number of halogens is 2. The van der Waals surface area contributed by atoms with Crippen molar-refractivity contribution in [2.24, 2.45) is 0 Å². The highest BCUT2D eigenvalue weighted by atomic mass is 35.5. The Morgan fingerprint density at radius 3 is 2.45 bits per heavy atom. The first-order valence-corrected chi connectivity index (χ1v) is 6.99. The number of hydrogen-bond donors (Lipinski definition) is 2. The Kier molecular flexibility index (Phi) is 5.20. The molecule has 2 N–H and O–H groups in total. The third kappa shape index (κ3) is 4.10. The van der Waals surface area contributed by atoms with Crippen LogP contribution in [0.3, 0.4) is 0 Å². The van der Waals surface area contributed by atoms with Crippen molar-refractivity contribution in [1.29, 1.82) is 0 Å². The van der Waals surface area contributed by atoms with Crippen molar-refractivity contribution in [3.63, 3.8) is 0 Å². The van der Waals surface area contributed by atoms with Crippen LogP contribution in [0.4, 0.5) is 5.69 Å². The lowest BCUT2D eigenvalue weighted by molar-refractivity contribution is -0.111. The van der Waals surface area contributed by atoms with Crippen LogP contribution in [0.2, 0.25) is 10.0 Å². The number of amides is 1. The Labute approximate surface area is 137 Å². The fourth-order valence-corrected chi connectivity index (χ4v) is 2.05. The zero-order valence-corrected chi connectivity index (χ0v) is 12.7. The number of carboxylic acids is 1. The number of hydrogen-bond acceptors (Lipinski definition) is 2. The van der Waals surface area contributed by atoms with Crippen molar-refractivity contribution >= 4 is 46.8 Å². The third-order valence-electron chi connectivity index (χ3n) is 2.79. The molecule has 22 heavy (non-hydrogen) atoms. The van der Waals surface area contributed by atoms with Crippen molar-refractivity contribution in [1.82, 2.24) is 0 Å². The van der Waals surface area contributed by atoms with Crippen LogP contribution in [0.15, 0.2) is 48.5 Å². The predicted octanol–water partition coefficient (Wildman–Crippen LogP) is 4.34. The third-order valence-corrected chi connectivity index (χ3v) is 3.53. The molecule has 0 bridgehead atoms. The van der Waals surface area contributed by atoms with E-state index in [0.29, 0.717) is 15.6 Å². The fraction of sp³-hybridized carbons (Fsp3) is 0. The van der Waals surface area contributed by atoms with E-state index in [0.717, 1.165) is 0 Å². The van der Waals surface area contributed by atoms with E-state index in [1.54, 1.807) is 36.4 Å². The summed E-state index contributed by atoms with van der Waals surface area (Å²) in [5, 5.41) is 12.4. The molecule has 0 radical (unpaired) electrons. The summed E-state index contributed by atoms with van der Waals surface area (Å²) < 4.78 is 0. The van der Waals surface area contributed by atoms with E-state index in [2.05, 4.69) is 5.32 Å². The van der Waals surface area contributed by atoms with Gasteiger partial charge < -0.3 is 10.4 Å². The maximum atomic E-state index is 11.9. The summed E-state index contributed by atoms with van der Waals surface area (Å²) in [6.45, 7) is 0. The van der Waals surface area contributed by atoms with Gasteiger partial charge in [0.25, 0.3) is 0 Å². The molecule has 0 unspecified atom stereocenters. The molecule has 0 aliphatic rings. The second-order valence-corrected chi connectivity index (χ2v) is 5.16. The van der Waals surface area contributed by atoms with Crippen molar-refractivity contribution in [2.45, 2.75) is 0 Å². The number of rotatable bonds is 4. The molecule has 0 aliphatic heterocycles. The van der Waals surface area contributed by atoms with Gasteiger partial charge in [0.1, 0.15) is 0 Å². The van der Waals surface area contributed by atoms with Crippen LogP contribution >= 0.6 is 23.2 Å². The second-order valence-electron chi connectivity index (χ2n) is 4.35. The van der Waals surface area contributed by atoms with Crippen molar-refractivity contribution in [3.05, 3.63) is 69.7 Å². The quantitative estimate of drug-likeness (QED) is 0.816. The molecule has 4 nitrogen and oxygen atoms in total. The summed E-state index contributed by atoms with van der Waals surface area (Å²) in [4.78, 5) is 22.9. The van der Waals surface area contributed by atoms with Crippen LogP contribution in [0.1, 0.15) is 15.9 Å². The SMILES string of the molecule is O=C(/C=C/c1ccc(Cl)c(Cl)c1)Nc1ccccc1C(=O)O. The number of aromatic carboxylic acids is 1. The van der Waals surface area contributed by atoms with E-state index >= 15 is 0 Å². The number of carboxylic acid groups (broad SMARTS) is 1. The molecule has 0 aliphatic carbocycles. The van der Waals surface area contributed by atoms with Gasteiger partial charge in [-0.25, -0.2) is 4.79 Å². The first-order valence-electron chi connectivity index (χ1n) is 6.24. The smallest absolute Gasteiger partial charge is 0.337 e. The topological polar surface area (TPSA) is 66.4 Å². The fourth-order valence-electron chi connectivity index (χ4n) is 1.74. The lowest BCUT2D eigenvalue weighted by Crippen LogP contribution is -2.11. The number of carbonyl (C=O) groups excluding carboxylic acids is 1. The van der Waals surface area contributed by atoms with Crippen LogP contribution in [-0.2, 0) is 4.79 Å². The highest BCUT2D eigenvalue weighted by molar-refractivity contribution is 6.42. The molecular formula is C16H11Cl2NO3. The minimum Gasteiger partial charge on any atom is -0.478 e. The largest absolute Gasteiger partial charge is 0.478 e. The number of para-hydroxylation sites is 1. The van der Waals surface area contributed by atoms with Gasteiger partial charge in [0, 0.05) is 6.08 Å². The van der Waals surface area contributed by atoms with Crippen LogP contribution in [0.25, 0.3) is 6.08 Å².